The van der Waals surface area contributed by atoms with Gasteiger partial charge in [0.25, 0.3) is 0 Å². The van der Waals surface area contributed by atoms with Crippen LogP contribution in [-0.4, -0.2) is 60.3 Å². The van der Waals surface area contributed by atoms with E-state index in [1.165, 1.54) is 4.31 Å². The zero-order chi connectivity index (χ0) is 16.6. The predicted molar refractivity (Wildman–Crippen MR) is 87.1 cm³/mol. The highest BCUT2D eigenvalue weighted by Gasteiger charge is 2.26. The molecule has 0 spiro atoms. The summed E-state index contributed by atoms with van der Waals surface area (Å²) in [5.41, 5.74) is 0.991. The van der Waals surface area contributed by atoms with Crippen molar-refractivity contribution in [1.29, 1.82) is 0 Å². The van der Waals surface area contributed by atoms with Crippen molar-refractivity contribution in [3.05, 3.63) is 36.4 Å². The van der Waals surface area contributed by atoms with E-state index in [4.69, 9.17) is 4.74 Å². The van der Waals surface area contributed by atoms with Crippen molar-refractivity contribution in [2.75, 3.05) is 37.7 Å². The molecule has 1 aromatic heterocycles. The maximum atomic E-state index is 12.6. The summed E-state index contributed by atoms with van der Waals surface area (Å²) in [7, 11) is -3.44. The molecule has 0 bridgehead atoms. The average Bonchev–Trinajstić information content (AvgIpc) is 3.10. The molecule has 2 aromatic rings. The fourth-order valence-electron chi connectivity index (χ4n) is 3.05. The summed E-state index contributed by atoms with van der Waals surface area (Å²) in [6.07, 6.45) is 1.57. The molecule has 0 saturated carbocycles. The van der Waals surface area contributed by atoms with E-state index >= 15 is 0 Å². The van der Waals surface area contributed by atoms with Crippen LogP contribution in [0.2, 0.25) is 0 Å². The van der Waals surface area contributed by atoms with E-state index in [9.17, 15) is 8.42 Å². The Hall–Kier alpha value is -1.97. The lowest BCUT2D eigenvalue weighted by molar-refractivity contribution is 0.0730. The molecule has 0 unspecified atom stereocenters. The highest BCUT2D eigenvalue weighted by atomic mass is 32.2. The average molecular weight is 349 g/mol. The Balaban J connectivity index is 1.53. The third-order valence-corrected chi connectivity index (χ3v) is 6.33. The van der Waals surface area contributed by atoms with E-state index in [1.807, 2.05) is 16.8 Å². The van der Waals surface area contributed by atoms with E-state index < -0.39 is 10.0 Å². The van der Waals surface area contributed by atoms with Gasteiger partial charge in [0.2, 0.25) is 10.0 Å². The molecule has 8 nitrogen and oxygen atoms in total. The van der Waals surface area contributed by atoms with E-state index in [0.717, 1.165) is 24.6 Å². The van der Waals surface area contributed by atoms with Crippen LogP contribution in [0.25, 0.3) is 0 Å². The van der Waals surface area contributed by atoms with Gasteiger partial charge in [0, 0.05) is 25.3 Å². The van der Waals surface area contributed by atoms with E-state index in [1.54, 1.807) is 18.5 Å². The number of rotatable bonds is 3. The first-order valence-corrected chi connectivity index (χ1v) is 9.38. The van der Waals surface area contributed by atoms with Gasteiger partial charge < -0.3 is 9.64 Å². The summed E-state index contributed by atoms with van der Waals surface area (Å²) in [4.78, 5) is 6.75. The van der Waals surface area contributed by atoms with Gasteiger partial charge in [-0.2, -0.15) is 9.40 Å². The summed E-state index contributed by atoms with van der Waals surface area (Å²) in [6.45, 7) is 4.00. The number of sulfonamides is 1. The van der Waals surface area contributed by atoms with Crippen molar-refractivity contribution < 1.29 is 13.2 Å². The van der Waals surface area contributed by atoms with Crippen molar-refractivity contribution in [2.45, 2.75) is 18.0 Å². The Morgan fingerprint density at radius 1 is 1.00 bits per heavy atom. The van der Waals surface area contributed by atoms with Crippen LogP contribution in [-0.2, 0) is 27.8 Å². The largest absolute Gasteiger partial charge is 0.379 e. The zero-order valence-corrected chi connectivity index (χ0v) is 14.0. The molecule has 0 N–H and O–H groups in total. The highest BCUT2D eigenvalue weighted by Crippen LogP contribution is 2.23. The van der Waals surface area contributed by atoms with Crippen LogP contribution in [0.4, 0.5) is 5.69 Å². The molecule has 0 radical (unpaired) electrons. The van der Waals surface area contributed by atoms with Gasteiger partial charge in [-0.15, -0.1) is 0 Å². The molecule has 1 saturated heterocycles. The number of morpholine rings is 1. The number of benzene rings is 1. The smallest absolute Gasteiger partial charge is 0.243 e. The second kappa shape index (κ2) is 6.15. The number of fused-ring (bicyclic) bond motifs is 1. The minimum absolute atomic E-state index is 0.327. The van der Waals surface area contributed by atoms with Crippen molar-refractivity contribution in [3.8, 4) is 0 Å². The molecule has 2 aliphatic rings. The maximum Gasteiger partial charge on any atom is 0.243 e. The third-order valence-electron chi connectivity index (χ3n) is 4.42. The minimum atomic E-state index is -3.44. The second-order valence-corrected chi connectivity index (χ2v) is 7.77. The minimum Gasteiger partial charge on any atom is -0.379 e. The van der Waals surface area contributed by atoms with Crippen LogP contribution < -0.4 is 4.90 Å². The SMILES string of the molecule is O=S(=O)(c1ccc(N2CCn3ncnc3C2)cc1)N1CCOCC1. The number of anilines is 1. The van der Waals surface area contributed by atoms with Crippen molar-refractivity contribution in [2.24, 2.45) is 0 Å². The van der Waals surface area contributed by atoms with Gasteiger partial charge in [-0.3, -0.25) is 0 Å². The van der Waals surface area contributed by atoms with Crippen LogP contribution in [0.3, 0.4) is 0 Å². The Morgan fingerprint density at radius 3 is 2.50 bits per heavy atom. The van der Waals surface area contributed by atoms with Crippen LogP contribution in [0.1, 0.15) is 5.82 Å². The first-order valence-electron chi connectivity index (χ1n) is 7.94. The Bertz CT molecular complexity index is 812. The van der Waals surface area contributed by atoms with Gasteiger partial charge in [-0.05, 0) is 24.3 Å². The molecule has 0 amide bonds. The molecule has 0 aliphatic carbocycles. The van der Waals surface area contributed by atoms with Crippen LogP contribution in [0.5, 0.6) is 0 Å². The summed E-state index contributed by atoms with van der Waals surface area (Å²) < 4.78 is 33.9. The third kappa shape index (κ3) is 2.79. The molecule has 3 heterocycles. The molecule has 2 aliphatic heterocycles. The highest BCUT2D eigenvalue weighted by molar-refractivity contribution is 7.89. The topological polar surface area (TPSA) is 80.6 Å². The fourth-order valence-corrected chi connectivity index (χ4v) is 4.46. The monoisotopic (exact) mass is 349 g/mol. The van der Waals surface area contributed by atoms with Gasteiger partial charge in [-0.25, -0.2) is 18.1 Å². The number of aromatic nitrogens is 3. The fraction of sp³-hybridized carbons (Fsp3) is 0.467. The molecule has 1 aromatic carbocycles. The molecular weight excluding hydrogens is 330 g/mol. The lowest BCUT2D eigenvalue weighted by Crippen LogP contribution is -2.40. The zero-order valence-electron chi connectivity index (χ0n) is 13.2. The molecule has 128 valence electrons. The summed E-state index contributed by atoms with van der Waals surface area (Å²) in [6, 6.07) is 7.08. The molecule has 24 heavy (non-hydrogen) atoms. The lowest BCUT2D eigenvalue weighted by atomic mass is 10.2. The Kier molecular flexibility index (Phi) is 3.99. The van der Waals surface area contributed by atoms with Crippen LogP contribution in [0.15, 0.2) is 35.5 Å². The Labute approximate surface area is 140 Å². The number of hydrogen-bond donors (Lipinski definition) is 0. The van der Waals surface area contributed by atoms with Gasteiger partial charge in [0.1, 0.15) is 12.2 Å². The van der Waals surface area contributed by atoms with Gasteiger partial charge in [0.05, 0.1) is 31.2 Å². The van der Waals surface area contributed by atoms with Crippen LogP contribution in [0, 0.1) is 0 Å². The summed E-state index contributed by atoms with van der Waals surface area (Å²) >= 11 is 0. The summed E-state index contributed by atoms with van der Waals surface area (Å²) in [5.74, 6) is 0.922. The molecule has 4 rings (SSSR count). The Morgan fingerprint density at radius 2 is 1.75 bits per heavy atom. The van der Waals surface area contributed by atoms with Gasteiger partial charge >= 0.3 is 0 Å². The number of ether oxygens (including phenoxy) is 1. The van der Waals surface area contributed by atoms with Crippen LogP contribution >= 0.6 is 0 Å². The molecular formula is C15H19N5O3S. The molecule has 0 atom stereocenters. The van der Waals surface area contributed by atoms with Crippen molar-refractivity contribution >= 4 is 15.7 Å². The number of nitrogens with zero attached hydrogens (tertiary/aromatic N) is 5. The first-order chi connectivity index (χ1) is 11.6. The second-order valence-electron chi connectivity index (χ2n) is 5.83. The normalized spacial score (nSPS) is 19.2. The predicted octanol–water partition coefficient (Wildman–Crippen LogP) is 0.319. The van der Waals surface area contributed by atoms with E-state index in [2.05, 4.69) is 15.0 Å². The van der Waals surface area contributed by atoms with Crippen molar-refractivity contribution in [1.82, 2.24) is 19.1 Å². The maximum absolute atomic E-state index is 12.6. The lowest BCUT2D eigenvalue weighted by Gasteiger charge is -2.29. The standard InChI is InChI=1S/C15H19N5O3S/c21-24(22,19-7-9-23-10-8-19)14-3-1-13(2-4-14)18-5-6-20-15(11-18)16-12-17-20/h1-4,12H,5-11H2. The van der Waals surface area contributed by atoms with E-state index in [-0.39, 0.29) is 0 Å². The molecule has 1 fully saturated rings. The molecule has 9 heteroatoms. The first kappa shape index (κ1) is 15.6. The summed E-state index contributed by atoms with van der Waals surface area (Å²) in [5, 5.41) is 4.17. The van der Waals surface area contributed by atoms with Gasteiger partial charge in [0.15, 0.2) is 0 Å². The number of hydrogen-bond acceptors (Lipinski definition) is 6. The van der Waals surface area contributed by atoms with Gasteiger partial charge in [-0.1, -0.05) is 0 Å². The van der Waals surface area contributed by atoms with Crippen molar-refractivity contribution in [3.63, 3.8) is 0 Å². The van der Waals surface area contributed by atoms with E-state index in [0.29, 0.717) is 37.7 Å². The quantitative estimate of drug-likeness (QED) is 0.794.